The summed E-state index contributed by atoms with van der Waals surface area (Å²) in [6, 6.07) is 9.10. The number of halogens is 1. The van der Waals surface area contributed by atoms with Gasteiger partial charge in [-0.25, -0.2) is 4.98 Å². The van der Waals surface area contributed by atoms with Crippen LogP contribution in [0.25, 0.3) is 11.1 Å². The van der Waals surface area contributed by atoms with Crippen molar-refractivity contribution in [1.29, 1.82) is 0 Å². The number of hydrogen-bond acceptors (Lipinski definition) is 3. The van der Waals surface area contributed by atoms with Gasteiger partial charge in [-0.2, -0.15) is 0 Å². The summed E-state index contributed by atoms with van der Waals surface area (Å²) in [5, 5.41) is 10.6. The molecule has 0 unspecified atom stereocenters. The second-order valence-electron chi connectivity index (χ2n) is 3.66. The largest absolute Gasteiger partial charge is 0.307 e. The third kappa shape index (κ3) is 2.42. The first-order chi connectivity index (χ1) is 8.08. The van der Waals surface area contributed by atoms with Crippen molar-refractivity contribution in [2.24, 2.45) is 0 Å². The van der Waals surface area contributed by atoms with Crippen LogP contribution in [0.1, 0.15) is 5.56 Å². The predicted molar refractivity (Wildman–Crippen MR) is 66.1 cm³/mol. The lowest BCUT2D eigenvalue weighted by Crippen LogP contribution is -1.92. The molecule has 0 spiro atoms. The van der Waals surface area contributed by atoms with E-state index >= 15 is 0 Å². The van der Waals surface area contributed by atoms with Gasteiger partial charge in [0.05, 0.1) is 4.92 Å². The van der Waals surface area contributed by atoms with E-state index in [4.69, 9.17) is 11.6 Å². The Hall–Kier alpha value is -1.94. The number of aromatic nitrogens is 1. The Morgan fingerprint density at radius 3 is 2.47 bits per heavy atom. The van der Waals surface area contributed by atoms with E-state index in [1.54, 1.807) is 0 Å². The summed E-state index contributed by atoms with van der Waals surface area (Å²) in [5.41, 5.74) is 2.51. The zero-order valence-electron chi connectivity index (χ0n) is 9.05. The van der Waals surface area contributed by atoms with E-state index in [-0.39, 0.29) is 10.8 Å². The van der Waals surface area contributed by atoms with Crippen LogP contribution >= 0.6 is 11.6 Å². The van der Waals surface area contributed by atoms with Crippen molar-refractivity contribution in [2.45, 2.75) is 6.92 Å². The fourth-order valence-electron chi connectivity index (χ4n) is 1.47. The van der Waals surface area contributed by atoms with E-state index in [2.05, 4.69) is 4.98 Å². The molecule has 1 aromatic heterocycles. The SMILES string of the molecule is Cc1ccc(-c2cnc(Cl)c([N+](=O)[O-])c2)cc1. The first kappa shape index (κ1) is 11.5. The highest BCUT2D eigenvalue weighted by Crippen LogP contribution is 2.28. The molecule has 17 heavy (non-hydrogen) atoms. The van der Waals surface area contributed by atoms with Gasteiger partial charge in [-0.15, -0.1) is 0 Å². The predicted octanol–water partition coefficient (Wildman–Crippen LogP) is 3.62. The maximum atomic E-state index is 10.7. The minimum absolute atomic E-state index is 0.0918. The second-order valence-corrected chi connectivity index (χ2v) is 4.02. The minimum atomic E-state index is -0.535. The molecule has 1 heterocycles. The van der Waals surface area contributed by atoms with E-state index in [0.717, 1.165) is 11.1 Å². The Morgan fingerprint density at radius 2 is 1.88 bits per heavy atom. The first-order valence-corrected chi connectivity index (χ1v) is 5.32. The molecule has 0 aliphatic carbocycles. The number of rotatable bonds is 2. The Morgan fingerprint density at radius 1 is 1.24 bits per heavy atom. The average Bonchev–Trinajstić information content (AvgIpc) is 2.30. The third-order valence-electron chi connectivity index (χ3n) is 2.40. The van der Waals surface area contributed by atoms with Crippen LogP contribution < -0.4 is 0 Å². The summed E-state index contributed by atoms with van der Waals surface area (Å²) in [4.78, 5) is 14.0. The molecule has 0 amide bonds. The molecular weight excluding hydrogens is 240 g/mol. The maximum Gasteiger partial charge on any atom is 0.307 e. The Kier molecular flexibility index (Phi) is 3.06. The second kappa shape index (κ2) is 4.51. The van der Waals surface area contributed by atoms with Crippen molar-refractivity contribution in [1.82, 2.24) is 4.98 Å². The van der Waals surface area contributed by atoms with Gasteiger partial charge < -0.3 is 0 Å². The van der Waals surface area contributed by atoms with Crippen molar-refractivity contribution in [3.8, 4) is 11.1 Å². The normalized spacial score (nSPS) is 10.2. The first-order valence-electron chi connectivity index (χ1n) is 4.95. The molecule has 5 heteroatoms. The van der Waals surface area contributed by atoms with Crippen LogP contribution in [0.15, 0.2) is 36.5 Å². The quantitative estimate of drug-likeness (QED) is 0.463. The zero-order valence-corrected chi connectivity index (χ0v) is 9.81. The lowest BCUT2D eigenvalue weighted by atomic mass is 10.1. The molecule has 0 saturated heterocycles. The number of pyridine rings is 1. The van der Waals surface area contributed by atoms with E-state index in [9.17, 15) is 10.1 Å². The molecule has 2 aromatic rings. The average molecular weight is 249 g/mol. The molecule has 86 valence electrons. The van der Waals surface area contributed by atoms with Gasteiger partial charge in [0.15, 0.2) is 0 Å². The monoisotopic (exact) mass is 248 g/mol. The number of nitro groups is 1. The van der Waals surface area contributed by atoms with Gasteiger partial charge >= 0.3 is 5.69 Å². The summed E-state index contributed by atoms with van der Waals surface area (Å²) in [5.74, 6) is 0. The Labute approximate surface area is 103 Å². The van der Waals surface area contributed by atoms with Crippen LogP contribution in [0.5, 0.6) is 0 Å². The van der Waals surface area contributed by atoms with Crippen molar-refractivity contribution in [3.05, 3.63) is 57.4 Å². The van der Waals surface area contributed by atoms with E-state index in [0.29, 0.717) is 5.56 Å². The smallest absolute Gasteiger partial charge is 0.258 e. The van der Waals surface area contributed by atoms with Crippen LogP contribution in [0.3, 0.4) is 0 Å². The fraction of sp³-hybridized carbons (Fsp3) is 0.0833. The molecule has 0 aliphatic heterocycles. The third-order valence-corrected chi connectivity index (χ3v) is 2.69. The summed E-state index contributed by atoms with van der Waals surface area (Å²) >= 11 is 5.65. The number of aryl methyl sites for hydroxylation is 1. The molecule has 0 aliphatic rings. The van der Waals surface area contributed by atoms with Gasteiger partial charge in [0, 0.05) is 17.8 Å². The lowest BCUT2D eigenvalue weighted by molar-refractivity contribution is -0.385. The van der Waals surface area contributed by atoms with Crippen LogP contribution in [-0.2, 0) is 0 Å². The van der Waals surface area contributed by atoms with E-state index < -0.39 is 4.92 Å². The summed E-state index contributed by atoms with van der Waals surface area (Å²) < 4.78 is 0. The van der Waals surface area contributed by atoms with Gasteiger partial charge in [0.1, 0.15) is 0 Å². The fourth-order valence-corrected chi connectivity index (χ4v) is 1.64. The number of nitrogens with zero attached hydrogens (tertiary/aromatic N) is 2. The molecular formula is C12H9ClN2O2. The van der Waals surface area contributed by atoms with E-state index in [1.165, 1.54) is 12.3 Å². The Bertz CT molecular complexity index is 567. The molecule has 4 nitrogen and oxygen atoms in total. The van der Waals surface area contributed by atoms with Crippen molar-refractivity contribution in [3.63, 3.8) is 0 Å². The van der Waals surface area contributed by atoms with Gasteiger partial charge in [-0.3, -0.25) is 10.1 Å². The van der Waals surface area contributed by atoms with Crippen LogP contribution in [0, 0.1) is 17.0 Å². The van der Waals surface area contributed by atoms with Crippen molar-refractivity contribution < 1.29 is 4.92 Å². The van der Waals surface area contributed by atoms with Gasteiger partial charge in [0.2, 0.25) is 5.15 Å². The maximum absolute atomic E-state index is 10.7. The summed E-state index contributed by atoms with van der Waals surface area (Å²) in [6.45, 7) is 1.98. The summed E-state index contributed by atoms with van der Waals surface area (Å²) in [6.07, 6.45) is 1.53. The molecule has 0 atom stereocenters. The number of benzene rings is 1. The minimum Gasteiger partial charge on any atom is -0.258 e. The molecule has 0 saturated carbocycles. The number of hydrogen-bond donors (Lipinski definition) is 0. The molecule has 1 aromatic carbocycles. The molecule has 0 bridgehead atoms. The van der Waals surface area contributed by atoms with Crippen LogP contribution in [0.2, 0.25) is 5.15 Å². The van der Waals surface area contributed by atoms with Crippen molar-refractivity contribution in [2.75, 3.05) is 0 Å². The molecule has 2 rings (SSSR count). The highest BCUT2D eigenvalue weighted by Gasteiger charge is 2.14. The van der Waals surface area contributed by atoms with E-state index in [1.807, 2.05) is 31.2 Å². The molecule has 0 N–H and O–H groups in total. The van der Waals surface area contributed by atoms with Crippen LogP contribution in [0.4, 0.5) is 5.69 Å². The van der Waals surface area contributed by atoms with Crippen LogP contribution in [-0.4, -0.2) is 9.91 Å². The molecule has 0 fully saturated rings. The highest BCUT2D eigenvalue weighted by atomic mass is 35.5. The summed E-state index contributed by atoms with van der Waals surface area (Å²) in [7, 11) is 0. The van der Waals surface area contributed by atoms with Gasteiger partial charge in [-0.05, 0) is 12.5 Å². The zero-order chi connectivity index (χ0) is 12.4. The van der Waals surface area contributed by atoms with Crippen molar-refractivity contribution >= 4 is 17.3 Å². The lowest BCUT2D eigenvalue weighted by Gasteiger charge is -2.02. The van der Waals surface area contributed by atoms with Gasteiger partial charge in [0.25, 0.3) is 0 Å². The highest BCUT2D eigenvalue weighted by molar-refractivity contribution is 6.31. The Balaban J connectivity index is 2.50. The standard InChI is InChI=1S/C12H9ClN2O2/c1-8-2-4-9(5-3-8)10-6-11(15(16)17)12(13)14-7-10/h2-7H,1H3. The topological polar surface area (TPSA) is 56.0 Å². The van der Waals surface area contributed by atoms with Gasteiger partial charge in [-0.1, -0.05) is 41.4 Å². The molecule has 0 radical (unpaired) electrons.